The van der Waals surface area contributed by atoms with Crippen LogP contribution in [-0.2, 0) is 23.9 Å². The molecule has 3 atom stereocenters. The fourth-order valence-electron chi connectivity index (χ4n) is 4.86. The van der Waals surface area contributed by atoms with Crippen molar-refractivity contribution in [3.05, 3.63) is 0 Å². The number of unbranched alkanes of at least 4 members (excludes halogenated alkanes) is 13. The molecule has 0 saturated carbocycles. The highest BCUT2D eigenvalue weighted by molar-refractivity contribution is 5.78. The Morgan fingerprint density at radius 2 is 1.34 bits per heavy atom. The third-order valence-electron chi connectivity index (χ3n) is 7.11. The molecule has 0 aromatic heterocycles. The van der Waals surface area contributed by atoms with Crippen molar-refractivity contribution in [2.45, 2.75) is 161 Å². The molecular weight excluding hydrogens is 442 g/mol. The summed E-state index contributed by atoms with van der Waals surface area (Å²) in [5.74, 6) is -0.609. The smallest absolute Gasteiger partial charge is 0.313 e. The first kappa shape index (κ1) is 31.4. The molecule has 0 aromatic rings. The van der Waals surface area contributed by atoms with E-state index in [0.717, 1.165) is 44.9 Å². The van der Waals surface area contributed by atoms with Gasteiger partial charge in [0.1, 0.15) is 12.2 Å². The third-order valence-corrected chi connectivity index (χ3v) is 7.11. The Labute approximate surface area is 214 Å². The van der Waals surface area contributed by atoms with Crippen LogP contribution >= 0.6 is 0 Å². The largest absolute Gasteiger partial charge is 0.462 e. The lowest BCUT2D eigenvalue weighted by Gasteiger charge is -2.37. The highest BCUT2D eigenvalue weighted by Crippen LogP contribution is 2.32. The molecule has 204 valence electrons. The summed E-state index contributed by atoms with van der Waals surface area (Å²) in [6.07, 6.45) is 20.8. The Morgan fingerprint density at radius 3 is 1.94 bits per heavy atom. The number of esters is 2. The van der Waals surface area contributed by atoms with Crippen LogP contribution in [0.1, 0.15) is 149 Å². The van der Waals surface area contributed by atoms with Gasteiger partial charge in [0.05, 0.1) is 5.92 Å². The van der Waals surface area contributed by atoms with E-state index in [1.54, 1.807) is 0 Å². The lowest BCUT2D eigenvalue weighted by atomic mass is 9.86. The van der Waals surface area contributed by atoms with Gasteiger partial charge >= 0.3 is 11.9 Å². The summed E-state index contributed by atoms with van der Waals surface area (Å²) in [7, 11) is 0. The molecule has 6 heteroatoms. The fourth-order valence-corrected chi connectivity index (χ4v) is 4.86. The minimum absolute atomic E-state index is 0.0371. The molecule has 1 fully saturated rings. The molecule has 1 unspecified atom stereocenters. The summed E-state index contributed by atoms with van der Waals surface area (Å²) in [5, 5.41) is 0. The Hall–Kier alpha value is -1.59. The standard InChI is InChI=1S/C29H53NO5/c1-3-5-7-9-10-11-12-13-15-19-24(34-28(32)22-18-14-17-21-27(30)31)23-26-25(29(33)35-26)20-16-8-6-4-2/h24-26H,3-23H2,1-2H3,(H2,30,31)/t24?,25-,26-/m0/s1. The van der Waals surface area contributed by atoms with Gasteiger partial charge in [-0.3, -0.25) is 14.4 Å². The van der Waals surface area contributed by atoms with Crippen LogP contribution in [0.15, 0.2) is 0 Å². The van der Waals surface area contributed by atoms with E-state index in [4.69, 9.17) is 15.2 Å². The number of hydrogen-bond acceptors (Lipinski definition) is 5. The van der Waals surface area contributed by atoms with Gasteiger partial charge in [0.2, 0.25) is 5.91 Å². The summed E-state index contributed by atoms with van der Waals surface area (Å²) >= 11 is 0. The van der Waals surface area contributed by atoms with E-state index in [1.807, 2.05) is 0 Å². The zero-order chi connectivity index (χ0) is 25.7. The van der Waals surface area contributed by atoms with Crippen LogP contribution < -0.4 is 5.73 Å². The molecule has 0 spiro atoms. The molecule has 1 rings (SSSR count). The monoisotopic (exact) mass is 495 g/mol. The Balaban J connectivity index is 2.40. The van der Waals surface area contributed by atoms with Gasteiger partial charge in [0.25, 0.3) is 0 Å². The van der Waals surface area contributed by atoms with Gasteiger partial charge in [-0.25, -0.2) is 0 Å². The van der Waals surface area contributed by atoms with Crippen LogP contribution in [-0.4, -0.2) is 30.1 Å². The van der Waals surface area contributed by atoms with E-state index in [2.05, 4.69) is 13.8 Å². The maximum absolute atomic E-state index is 12.5. The van der Waals surface area contributed by atoms with Crippen molar-refractivity contribution in [3.63, 3.8) is 0 Å². The first-order chi connectivity index (χ1) is 17.0. The molecule has 6 nitrogen and oxygen atoms in total. The topological polar surface area (TPSA) is 95.7 Å². The van der Waals surface area contributed by atoms with Crippen molar-refractivity contribution in [2.24, 2.45) is 11.7 Å². The number of cyclic esters (lactones) is 1. The van der Waals surface area contributed by atoms with Crippen molar-refractivity contribution >= 4 is 17.8 Å². The van der Waals surface area contributed by atoms with Gasteiger partial charge in [-0.1, -0.05) is 97.3 Å². The quantitative estimate of drug-likeness (QED) is 0.113. The minimum Gasteiger partial charge on any atom is -0.462 e. The number of amides is 1. The molecule has 2 N–H and O–H groups in total. The van der Waals surface area contributed by atoms with Gasteiger partial charge in [-0.2, -0.15) is 0 Å². The minimum atomic E-state index is -0.298. The second kappa shape index (κ2) is 20.6. The van der Waals surface area contributed by atoms with Crippen LogP contribution in [0.25, 0.3) is 0 Å². The maximum atomic E-state index is 12.5. The Bertz CT molecular complexity index is 579. The number of rotatable bonds is 24. The van der Waals surface area contributed by atoms with E-state index in [0.29, 0.717) is 32.1 Å². The normalized spacial score (nSPS) is 18.1. The average molecular weight is 496 g/mol. The van der Waals surface area contributed by atoms with Gasteiger partial charge in [0, 0.05) is 19.3 Å². The molecule has 1 aliphatic heterocycles. The predicted octanol–water partition coefficient (Wildman–Crippen LogP) is 7.16. The lowest BCUT2D eigenvalue weighted by Crippen LogP contribution is -2.47. The van der Waals surface area contributed by atoms with Gasteiger partial charge in [-0.15, -0.1) is 0 Å². The third kappa shape index (κ3) is 15.9. The van der Waals surface area contributed by atoms with Crippen LogP contribution in [0.2, 0.25) is 0 Å². The van der Waals surface area contributed by atoms with Crippen LogP contribution in [0.3, 0.4) is 0 Å². The van der Waals surface area contributed by atoms with Crippen LogP contribution in [0.5, 0.6) is 0 Å². The first-order valence-corrected chi connectivity index (χ1v) is 14.7. The van der Waals surface area contributed by atoms with E-state index in [9.17, 15) is 14.4 Å². The van der Waals surface area contributed by atoms with Crippen LogP contribution in [0.4, 0.5) is 0 Å². The zero-order valence-corrected chi connectivity index (χ0v) is 22.7. The summed E-state index contributed by atoms with van der Waals surface area (Å²) in [6, 6.07) is 0. The lowest BCUT2D eigenvalue weighted by molar-refractivity contribution is -0.190. The molecule has 0 aliphatic carbocycles. The van der Waals surface area contributed by atoms with Crippen molar-refractivity contribution in [3.8, 4) is 0 Å². The van der Waals surface area contributed by atoms with Gasteiger partial charge in [0.15, 0.2) is 0 Å². The van der Waals surface area contributed by atoms with Gasteiger partial charge in [-0.05, 0) is 32.1 Å². The number of hydrogen-bond donors (Lipinski definition) is 1. The van der Waals surface area contributed by atoms with Crippen LogP contribution in [0, 0.1) is 5.92 Å². The van der Waals surface area contributed by atoms with Crippen molar-refractivity contribution in [2.75, 3.05) is 0 Å². The number of carbonyl (C=O) groups excluding carboxylic acids is 3. The van der Waals surface area contributed by atoms with Gasteiger partial charge < -0.3 is 15.2 Å². The summed E-state index contributed by atoms with van der Waals surface area (Å²) in [4.78, 5) is 35.3. The molecular formula is C29H53NO5. The second-order valence-electron chi connectivity index (χ2n) is 10.4. The molecule has 0 aromatic carbocycles. The molecule has 35 heavy (non-hydrogen) atoms. The Kier molecular flexibility index (Phi) is 18.5. The predicted molar refractivity (Wildman–Crippen MR) is 141 cm³/mol. The molecule has 1 amide bonds. The SMILES string of the molecule is CCCCCCCCCCCC(C[C@@H]1OC(=O)[C@H]1CCCCCC)OC(=O)CCCCCC(N)=O. The molecule has 1 saturated heterocycles. The summed E-state index contributed by atoms with van der Waals surface area (Å²) in [5.41, 5.74) is 5.17. The van der Waals surface area contributed by atoms with Crippen molar-refractivity contribution in [1.29, 1.82) is 0 Å². The van der Waals surface area contributed by atoms with E-state index in [-0.39, 0.29) is 36.0 Å². The zero-order valence-electron chi connectivity index (χ0n) is 22.7. The summed E-state index contributed by atoms with van der Waals surface area (Å²) < 4.78 is 11.3. The number of nitrogens with two attached hydrogens (primary N) is 1. The first-order valence-electron chi connectivity index (χ1n) is 14.7. The fraction of sp³-hybridized carbons (Fsp3) is 0.897. The van der Waals surface area contributed by atoms with Crippen molar-refractivity contribution < 1.29 is 23.9 Å². The number of carbonyl (C=O) groups is 3. The number of ether oxygens (including phenoxy) is 2. The number of primary amides is 1. The molecule has 0 bridgehead atoms. The maximum Gasteiger partial charge on any atom is 0.313 e. The van der Waals surface area contributed by atoms with E-state index >= 15 is 0 Å². The molecule has 1 aliphatic rings. The summed E-state index contributed by atoms with van der Waals surface area (Å²) in [6.45, 7) is 4.43. The van der Waals surface area contributed by atoms with E-state index < -0.39 is 0 Å². The second-order valence-corrected chi connectivity index (χ2v) is 10.4. The molecule has 1 heterocycles. The Morgan fingerprint density at radius 1 is 0.800 bits per heavy atom. The highest BCUT2D eigenvalue weighted by Gasteiger charge is 2.43. The average Bonchev–Trinajstić information content (AvgIpc) is 2.82. The highest BCUT2D eigenvalue weighted by atomic mass is 16.6. The van der Waals surface area contributed by atoms with E-state index in [1.165, 1.54) is 57.8 Å². The van der Waals surface area contributed by atoms with Crippen molar-refractivity contribution in [1.82, 2.24) is 0 Å². The molecule has 0 radical (unpaired) electrons.